The van der Waals surface area contributed by atoms with E-state index in [1.165, 1.54) is 0 Å². The predicted molar refractivity (Wildman–Crippen MR) is 50.1 cm³/mol. The van der Waals surface area contributed by atoms with E-state index in [0.717, 1.165) is 0 Å². The number of hydrogen-bond donors (Lipinski definition) is 0. The second-order valence-electron chi connectivity index (χ2n) is 3.59. The number of hydrogen-bond acceptors (Lipinski definition) is 4. The fraction of sp³-hybridized carbons (Fsp3) is 1.00. The van der Waals surface area contributed by atoms with Gasteiger partial charge in [-0.3, -0.25) is 0 Å². The Balaban J connectivity index is 3.93. The van der Waals surface area contributed by atoms with Crippen LogP contribution in [0.1, 0.15) is 0 Å². The van der Waals surface area contributed by atoms with E-state index in [9.17, 15) is 0 Å². The van der Waals surface area contributed by atoms with Crippen molar-refractivity contribution in [3.8, 4) is 0 Å². The van der Waals surface area contributed by atoms with Gasteiger partial charge in [-0.05, 0) is 0 Å². The predicted octanol–water partition coefficient (Wildman–Crippen LogP) is 0.125. The number of nitrogens with zero attached hydrogens (tertiary/aromatic N) is 2. The van der Waals surface area contributed by atoms with Crippen LogP contribution >= 0.6 is 0 Å². The quantitative estimate of drug-likeness (QED) is 0.340. The molecule has 6 nitrogen and oxygen atoms in total. The molecule has 0 unspecified atom stereocenters. The van der Waals surface area contributed by atoms with Gasteiger partial charge in [-0.15, -0.1) is 0 Å². The molecule has 0 aromatic carbocycles. The van der Waals surface area contributed by atoms with Gasteiger partial charge in [-0.25, -0.2) is 0 Å². The summed E-state index contributed by atoms with van der Waals surface area (Å²) in [6, 6.07) is 0. The highest BCUT2D eigenvalue weighted by molar-refractivity contribution is 4.16. The molecule has 0 spiro atoms. The maximum absolute atomic E-state index is 5.50. The maximum atomic E-state index is 5.50. The van der Waals surface area contributed by atoms with Crippen LogP contribution in [0.25, 0.3) is 0 Å². The first-order chi connectivity index (χ1) is 6.33. The summed E-state index contributed by atoms with van der Waals surface area (Å²) >= 11 is 0. The van der Waals surface area contributed by atoms with Crippen LogP contribution in [0.2, 0.25) is 0 Å². The van der Waals surface area contributed by atoms with E-state index < -0.39 is 0 Å². The molecule has 0 fully saturated rings. The third-order valence-corrected chi connectivity index (χ3v) is 1.52. The van der Waals surface area contributed by atoms with Crippen LogP contribution in [-0.4, -0.2) is 65.2 Å². The lowest BCUT2D eigenvalue weighted by molar-refractivity contribution is -1.44. The Morgan fingerprint density at radius 3 is 1.86 bits per heavy atom. The van der Waals surface area contributed by atoms with Crippen molar-refractivity contribution in [3.05, 3.63) is 0 Å². The van der Waals surface area contributed by atoms with Gasteiger partial charge in [-0.2, -0.15) is 9.68 Å². The average Bonchev–Trinajstić information content (AvgIpc) is 2.03. The van der Waals surface area contributed by atoms with E-state index in [-0.39, 0.29) is 9.62 Å². The Labute approximate surface area is 85.5 Å². The van der Waals surface area contributed by atoms with Gasteiger partial charge < -0.3 is 4.74 Å². The zero-order valence-corrected chi connectivity index (χ0v) is 9.94. The summed E-state index contributed by atoms with van der Waals surface area (Å²) in [7, 11) is 10.3. The minimum atomic E-state index is -0.0514. The topological polar surface area (TPSA) is 36.9 Å². The monoisotopic (exact) mass is 210 g/mol. The molecular weight excluding hydrogens is 188 g/mol. The van der Waals surface area contributed by atoms with Crippen LogP contribution in [0.5, 0.6) is 0 Å². The normalized spacial score (nSPS) is 13.3. The summed E-state index contributed by atoms with van der Waals surface area (Å²) in [5.41, 5.74) is 0. The molecule has 14 heavy (non-hydrogen) atoms. The molecule has 0 N–H and O–H groups in total. The largest absolute Gasteiger partial charge is 0.382 e. The van der Waals surface area contributed by atoms with Crippen molar-refractivity contribution in [2.24, 2.45) is 0 Å². The first-order valence-corrected chi connectivity index (χ1v) is 4.41. The van der Waals surface area contributed by atoms with Crippen molar-refractivity contribution in [1.82, 2.24) is 0 Å². The molecule has 0 heterocycles. The molecule has 0 aromatic heterocycles. The number of methoxy groups -OCH3 is 1. The molecule has 0 amide bonds. The Morgan fingerprint density at radius 1 is 0.857 bits per heavy atom. The van der Waals surface area contributed by atoms with Crippen molar-refractivity contribution in [2.75, 3.05) is 55.6 Å². The van der Waals surface area contributed by atoms with E-state index >= 15 is 0 Å². The molecule has 0 saturated carbocycles. The first-order valence-electron chi connectivity index (χ1n) is 4.41. The Bertz CT molecular complexity index is 161. The van der Waals surface area contributed by atoms with Gasteiger partial charge in [0.25, 0.3) is 0 Å². The minimum absolute atomic E-state index is 0.0417. The van der Waals surface area contributed by atoms with Gasteiger partial charge in [0.1, 0.15) is 34.8 Å². The van der Waals surface area contributed by atoms with Crippen molar-refractivity contribution in [1.29, 1.82) is 0 Å². The first kappa shape index (κ1) is 13.8. The SMILES string of the molecule is COCCO[N+](C)(C)O[N+](C)(C)OC. The highest BCUT2D eigenvalue weighted by Crippen LogP contribution is 2.09. The molecule has 6 heteroatoms. The van der Waals surface area contributed by atoms with Crippen molar-refractivity contribution in [3.63, 3.8) is 0 Å². The van der Waals surface area contributed by atoms with Crippen LogP contribution < -0.4 is 0 Å². The lowest BCUT2D eigenvalue weighted by Gasteiger charge is -2.28. The van der Waals surface area contributed by atoms with Gasteiger partial charge >= 0.3 is 0 Å². The zero-order chi connectivity index (χ0) is 11.2. The summed E-state index contributed by atoms with van der Waals surface area (Å²) in [6.07, 6.45) is 0. The van der Waals surface area contributed by atoms with E-state index in [1.54, 1.807) is 42.4 Å². The van der Waals surface area contributed by atoms with Gasteiger partial charge in [0, 0.05) is 16.7 Å². The average molecular weight is 210 g/mol. The second kappa shape index (κ2) is 5.59. The molecule has 0 rings (SSSR count). The third kappa shape index (κ3) is 6.25. The van der Waals surface area contributed by atoms with Crippen LogP contribution in [0.4, 0.5) is 0 Å². The lowest BCUT2D eigenvalue weighted by Crippen LogP contribution is -2.52. The molecule has 0 saturated heterocycles. The molecule has 0 aliphatic carbocycles. The number of hydroxylamine groups is 8. The smallest absolute Gasteiger partial charge is 0.138 e. The summed E-state index contributed by atoms with van der Waals surface area (Å²) in [4.78, 5) is 15.9. The maximum Gasteiger partial charge on any atom is 0.138 e. The molecule has 0 aromatic rings. The fourth-order valence-electron chi connectivity index (χ4n) is 0.871. The van der Waals surface area contributed by atoms with Crippen LogP contribution in [0.3, 0.4) is 0 Å². The van der Waals surface area contributed by atoms with E-state index in [2.05, 4.69) is 0 Å². The number of rotatable bonds is 7. The summed E-state index contributed by atoms with van der Waals surface area (Å²) in [5, 5.41) is 0. The van der Waals surface area contributed by atoms with E-state index in [0.29, 0.717) is 13.2 Å². The Morgan fingerprint density at radius 2 is 1.43 bits per heavy atom. The summed E-state index contributed by atoms with van der Waals surface area (Å²) in [5.74, 6) is 0. The highest BCUT2D eigenvalue weighted by Gasteiger charge is 2.33. The fourth-order valence-corrected chi connectivity index (χ4v) is 0.871. The number of ether oxygens (including phenoxy) is 1. The molecule has 0 bridgehead atoms. The third-order valence-electron chi connectivity index (χ3n) is 1.52. The Hall–Kier alpha value is -0.240. The van der Waals surface area contributed by atoms with Gasteiger partial charge in [0.05, 0.1) is 18.7 Å². The molecule has 0 aliphatic heterocycles. The lowest BCUT2D eigenvalue weighted by atomic mass is 10.8. The van der Waals surface area contributed by atoms with Crippen molar-refractivity contribution in [2.45, 2.75) is 0 Å². The summed E-state index contributed by atoms with van der Waals surface area (Å²) < 4.78 is 4.87. The standard InChI is InChI=1S/C8H22N2O4/c1-9(2,12-6)14-10(3,4)13-8-7-11-5/h7-8H2,1-6H3/q+2. The van der Waals surface area contributed by atoms with Crippen LogP contribution in [0.15, 0.2) is 0 Å². The second-order valence-corrected chi connectivity index (χ2v) is 3.59. The number of quaternary nitrogens is 2. The van der Waals surface area contributed by atoms with Crippen molar-refractivity contribution < 1.29 is 29.0 Å². The molecule has 0 atom stereocenters. The van der Waals surface area contributed by atoms with E-state index in [4.69, 9.17) is 19.4 Å². The molecule has 0 radical (unpaired) electrons. The summed E-state index contributed by atoms with van der Waals surface area (Å²) in [6.45, 7) is 0.999. The minimum Gasteiger partial charge on any atom is -0.382 e. The molecular formula is C8H22N2O4+2. The van der Waals surface area contributed by atoms with Crippen LogP contribution in [-0.2, 0) is 19.4 Å². The van der Waals surface area contributed by atoms with E-state index in [1.807, 2.05) is 0 Å². The Kier molecular flexibility index (Phi) is 5.50. The van der Waals surface area contributed by atoms with Gasteiger partial charge in [-0.1, -0.05) is 0 Å². The highest BCUT2D eigenvalue weighted by atomic mass is 17.2. The zero-order valence-electron chi connectivity index (χ0n) is 9.94. The van der Waals surface area contributed by atoms with Crippen molar-refractivity contribution >= 4 is 0 Å². The van der Waals surface area contributed by atoms with Crippen LogP contribution in [0, 0.1) is 0 Å². The molecule has 0 aliphatic rings. The van der Waals surface area contributed by atoms with Gasteiger partial charge in [0.2, 0.25) is 0 Å². The molecule has 86 valence electrons. The van der Waals surface area contributed by atoms with Gasteiger partial charge in [0.15, 0.2) is 0 Å².